The van der Waals surface area contributed by atoms with Crippen molar-refractivity contribution in [3.63, 3.8) is 0 Å². The Morgan fingerprint density at radius 1 is 1.29 bits per heavy atom. The smallest absolute Gasteiger partial charge is 0.0948 e. The summed E-state index contributed by atoms with van der Waals surface area (Å²) in [5.41, 5.74) is 0.0420. The molecule has 0 spiro atoms. The van der Waals surface area contributed by atoms with Gasteiger partial charge in [-0.25, -0.2) is 0 Å². The molecule has 0 aromatic carbocycles. The van der Waals surface area contributed by atoms with Crippen molar-refractivity contribution in [2.24, 2.45) is 0 Å². The Morgan fingerprint density at radius 3 is 2.65 bits per heavy atom. The zero-order chi connectivity index (χ0) is 12.3. The molecule has 2 rings (SSSR count). The van der Waals surface area contributed by atoms with Crippen LogP contribution in [0.5, 0.6) is 0 Å². The molecule has 2 aliphatic heterocycles. The molecule has 2 fully saturated rings. The first-order valence-corrected chi connectivity index (χ1v) is 6.85. The Morgan fingerprint density at radius 2 is 2.06 bits per heavy atom. The van der Waals surface area contributed by atoms with Gasteiger partial charge in [-0.2, -0.15) is 0 Å². The molecule has 0 aromatic rings. The summed E-state index contributed by atoms with van der Waals surface area (Å²) in [6, 6.07) is 0.550. The number of hydrogen-bond acceptors (Lipinski definition) is 4. The molecule has 2 heterocycles. The predicted octanol–water partition coefficient (Wildman–Crippen LogP) is 1.07. The highest BCUT2D eigenvalue weighted by Crippen LogP contribution is 2.31. The number of rotatable bonds is 4. The second kappa shape index (κ2) is 5.65. The molecule has 3 unspecified atom stereocenters. The van der Waals surface area contributed by atoms with Crippen molar-refractivity contribution < 1.29 is 14.6 Å². The zero-order valence-electron chi connectivity index (χ0n) is 10.9. The summed E-state index contributed by atoms with van der Waals surface area (Å²) in [4.78, 5) is 0. The molecule has 2 N–H and O–H groups in total. The number of aliphatic hydroxyl groups is 1. The third-order valence-corrected chi connectivity index (χ3v) is 4.28. The van der Waals surface area contributed by atoms with E-state index in [1.165, 1.54) is 0 Å². The van der Waals surface area contributed by atoms with E-state index in [0.717, 1.165) is 32.3 Å². The van der Waals surface area contributed by atoms with Crippen LogP contribution in [0, 0.1) is 0 Å². The third kappa shape index (κ3) is 2.99. The molecular weight excluding hydrogens is 218 g/mol. The minimum atomic E-state index is -0.351. The zero-order valence-corrected chi connectivity index (χ0v) is 10.9. The minimum absolute atomic E-state index is 0.0420. The minimum Gasteiger partial charge on any atom is -0.389 e. The van der Waals surface area contributed by atoms with Crippen molar-refractivity contribution >= 4 is 0 Å². The lowest BCUT2D eigenvalue weighted by Gasteiger charge is -2.41. The first-order chi connectivity index (χ1) is 8.19. The third-order valence-electron chi connectivity index (χ3n) is 4.28. The topological polar surface area (TPSA) is 50.7 Å². The predicted molar refractivity (Wildman–Crippen MR) is 66.0 cm³/mol. The van der Waals surface area contributed by atoms with Gasteiger partial charge in [0.2, 0.25) is 0 Å². The van der Waals surface area contributed by atoms with Crippen LogP contribution in [0.25, 0.3) is 0 Å². The highest BCUT2D eigenvalue weighted by atomic mass is 16.5. The van der Waals surface area contributed by atoms with Crippen molar-refractivity contribution in [2.75, 3.05) is 19.8 Å². The van der Waals surface area contributed by atoms with Crippen LogP contribution in [-0.4, -0.2) is 48.7 Å². The molecule has 2 saturated heterocycles. The summed E-state index contributed by atoms with van der Waals surface area (Å²) >= 11 is 0. The molecule has 0 bridgehead atoms. The van der Waals surface area contributed by atoms with Gasteiger partial charge in [0.15, 0.2) is 0 Å². The Kier molecular flexibility index (Phi) is 4.42. The van der Waals surface area contributed by atoms with Gasteiger partial charge in [0.1, 0.15) is 0 Å². The van der Waals surface area contributed by atoms with Gasteiger partial charge in [0.05, 0.1) is 31.0 Å². The molecule has 0 saturated carbocycles. The highest BCUT2D eigenvalue weighted by molar-refractivity contribution is 4.91. The summed E-state index contributed by atoms with van der Waals surface area (Å²) in [6.07, 6.45) is 3.85. The standard InChI is InChI=1S/C13H25NO3/c1-3-13(4-2)7-10(5-6-17-13)14-11-8-16-9-12(11)15/h10-12,14-15H,3-9H2,1-2H3. The van der Waals surface area contributed by atoms with E-state index in [9.17, 15) is 5.11 Å². The monoisotopic (exact) mass is 243 g/mol. The summed E-state index contributed by atoms with van der Waals surface area (Å²) in [5, 5.41) is 13.3. The van der Waals surface area contributed by atoms with E-state index < -0.39 is 0 Å². The Balaban J connectivity index is 1.88. The van der Waals surface area contributed by atoms with E-state index in [0.29, 0.717) is 19.3 Å². The Hall–Kier alpha value is -0.160. The van der Waals surface area contributed by atoms with Crippen molar-refractivity contribution in [2.45, 2.75) is 63.3 Å². The number of ether oxygens (including phenoxy) is 2. The van der Waals surface area contributed by atoms with Gasteiger partial charge in [-0.1, -0.05) is 13.8 Å². The van der Waals surface area contributed by atoms with Crippen LogP contribution in [-0.2, 0) is 9.47 Å². The second-order valence-electron chi connectivity index (χ2n) is 5.31. The Labute approximate surface area is 104 Å². The van der Waals surface area contributed by atoms with E-state index in [4.69, 9.17) is 9.47 Å². The maximum atomic E-state index is 9.75. The average molecular weight is 243 g/mol. The van der Waals surface area contributed by atoms with Crippen LogP contribution in [0.3, 0.4) is 0 Å². The fourth-order valence-corrected chi connectivity index (χ4v) is 2.92. The van der Waals surface area contributed by atoms with E-state index >= 15 is 0 Å². The van der Waals surface area contributed by atoms with Gasteiger partial charge < -0.3 is 19.9 Å². The van der Waals surface area contributed by atoms with Crippen molar-refractivity contribution in [1.29, 1.82) is 0 Å². The van der Waals surface area contributed by atoms with E-state index in [1.807, 2.05) is 0 Å². The molecule has 0 aliphatic carbocycles. The van der Waals surface area contributed by atoms with Crippen LogP contribution in [0.1, 0.15) is 39.5 Å². The normalized spacial score (nSPS) is 37.2. The molecule has 0 amide bonds. The molecule has 4 nitrogen and oxygen atoms in total. The molecule has 17 heavy (non-hydrogen) atoms. The van der Waals surface area contributed by atoms with Crippen molar-refractivity contribution in [3.05, 3.63) is 0 Å². The fourth-order valence-electron chi connectivity index (χ4n) is 2.92. The number of aliphatic hydroxyl groups excluding tert-OH is 1. The van der Waals surface area contributed by atoms with Crippen LogP contribution in [0.2, 0.25) is 0 Å². The van der Waals surface area contributed by atoms with Crippen LogP contribution < -0.4 is 5.32 Å². The largest absolute Gasteiger partial charge is 0.389 e. The molecule has 2 aliphatic rings. The SMILES string of the molecule is CCC1(CC)CC(NC2COCC2O)CCO1. The van der Waals surface area contributed by atoms with E-state index in [1.54, 1.807) is 0 Å². The van der Waals surface area contributed by atoms with Crippen LogP contribution in [0.15, 0.2) is 0 Å². The van der Waals surface area contributed by atoms with Gasteiger partial charge in [-0.3, -0.25) is 0 Å². The van der Waals surface area contributed by atoms with Gasteiger partial charge >= 0.3 is 0 Å². The van der Waals surface area contributed by atoms with Gasteiger partial charge in [0.25, 0.3) is 0 Å². The van der Waals surface area contributed by atoms with Crippen molar-refractivity contribution in [3.8, 4) is 0 Å². The lowest BCUT2D eigenvalue weighted by atomic mass is 9.85. The van der Waals surface area contributed by atoms with E-state index in [2.05, 4.69) is 19.2 Å². The fraction of sp³-hybridized carbons (Fsp3) is 1.00. The summed E-state index contributed by atoms with van der Waals surface area (Å²) in [7, 11) is 0. The summed E-state index contributed by atoms with van der Waals surface area (Å²) < 4.78 is 11.2. The maximum Gasteiger partial charge on any atom is 0.0948 e. The molecule has 4 heteroatoms. The van der Waals surface area contributed by atoms with Crippen molar-refractivity contribution in [1.82, 2.24) is 5.32 Å². The van der Waals surface area contributed by atoms with Gasteiger partial charge in [-0.05, 0) is 25.7 Å². The lowest BCUT2D eigenvalue weighted by molar-refractivity contribution is -0.0949. The Bertz CT molecular complexity index is 243. The summed E-state index contributed by atoms with van der Waals surface area (Å²) in [6.45, 7) is 6.30. The van der Waals surface area contributed by atoms with Gasteiger partial charge in [0, 0.05) is 12.6 Å². The van der Waals surface area contributed by atoms with Crippen LogP contribution >= 0.6 is 0 Å². The van der Waals surface area contributed by atoms with Crippen LogP contribution in [0.4, 0.5) is 0 Å². The highest BCUT2D eigenvalue weighted by Gasteiger charge is 2.36. The maximum absolute atomic E-state index is 9.75. The quantitative estimate of drug-likeness (QED) is 0.775. The van der Waals surface area contributed by atoms with E-state index in [-0.39, 0.29) is 17.7 Å². The first kappa shape index (κ1) is 13.3. The molecule has 0 radical (unpaired) electrons. The lowest BCUT2D eigenvalue weighted by Crippen LogP contribution is -2.52. The summed E-state index contributed by atoms with van der Waals surface area (Å²) in [5.74, 6) is 0. The van der Waals surface area contributed by atoms with Gasteiger partial charge in [-0.15, -0.1) is 0 Å². The molecule has 0 aromatic heterocycles. The average Bonchev–Trinajstić information content (AvgIpc) is 2.75. The molecular formula is C13H25NO3. The number of hydrogen-bond donors (Lipinski definition) is 2. The molecule has 100 valence electrons. The first-order valence-electron chi connectivity index (χ1n) is 6.85. The second-order valence-corrected chi connectivity index (χ2v) is 5.31. The molecule has 3 atom stereocenters. The number of nitrogens with one attached hydrogen (secondary N) is 1.